The number of rotatable bonds is 3. The number of carbonyl (C=O) groups is 2. The lowest BCUT2D eigenvalue weighted by molar-refractivity contribution is -0.141. The SMILES string of the molecule is COc1ccc2nc(N3CCCC(C(=O)N4CCNC(=O)C4)C3)sc2c1. The minimum atomic E-state index is -0.0730. The van der Waals surface area contributed by atoms with Crippen LogP contribution in [0.25, 0.3) is 10.2 Å². The average Bonchev–Trinajstić information content (AvgIpc) is 3.10. The summed E-state index contributed by atoms with van der Waals surface area (Å²) >= 11 is 1.63. The summed E-state index contributed by atoms with van der Waals surface area (Å²) in [5.41, 5.74) is 0.951. The fraction of sp³-hybridized carbons (Fsp3) is 0.500. The zero-order valence-corrected chi connectivity index (χ0v) is 15.6. The molecule has 1 atom stereocenters. The van der Waals surface area contributed by atoms with Gasteiger partial charge in [-0.1, -0.05) is 11.3 Å². The number of aromatic nitrogens is 1. The van der Waals surface area contributed by atoms with Crippen molar-refractivity contribution in [1.82, 2.24) is 15.2 Å². The highest BCUT2D eigenvalue weighted by Gasteiger charge is 2.32. The fourth-order valence-electron chi connectivity index (χ4n) is 3.59. The van der Waals surface area contributed by atoms with Crippen molar-refractivity contribution in [3.05, 3.63) is 18.2 Å². The number of methoxy groups -OCH3 is 1. The number of fused-ring (bicyclic) bond motifs is 1. The van der Waals surface area contributed by atoms with Gasteiger partial charge in [-0.05, 0) is 31.0 Å². The number of nitrogens with one attached hydrogen (secondary N) is 1. The third-order valence-electron chi connectivity index (χ3n) is 4.98. The van der Waals surface area contributed by atoms with Gasteiger partial charge in [0.25, 0.3) is 0 Å². The molecule has 0 bridgehead atoms. The van der Waals surface area contributed by atoms with E-state index in [-0.39, 0.29) is 24.3 Å². The molecular weight excluding hydrogens is 352 g/mol. The third-order valence-corrected chi connectivity index (χ3v) is 6.05. The summed E-state index contributed by atoms with van der Waals surface area (Å²) in [7, 11) is 1.66. The highest BCUT2D eigenvalue weighted by atomic mass is 32.1. The molecule has 7 nitrogen and oxygen atoms in total. The Bertz CT molecular complexity index is 837. The van der Waals surface area contributed by atoms with E-state index in [0.29, 0.717) is 19.6 Å². The first-order chi connectivity index (χ1) is 12.6. The number of thiazole rings is 1. The van der Waals surface area contributed by atoms with Crippen molar-refractivity contribution in [2.24, 2.45) is 5.92 Å². The first-order valence-corrected chi connectivity index (χ1v) is 9.71. The van der Waals surface area contributed by atoms with E-state index in [1.54, 1.807) is 23.3 Å². The molecule has 26 heavy (non-hydrogen) atoms. The van der Waals surface area contributed by atoms with Crippen molar-refractivity contribution < 1.29 is 14.3 Å². The summed E-state index contributed by atoms with van der Waals surface area (Å²) in [6.07, 6.45) is 1.82. The van der Waals surface area contributed by atoms with E-state index in [4.69, 9.17) is 9.72 Å². The molecule has 0 aliphatic carbocycles. The van der Waals surface area contributed by atoms with Crippen LogP contribution in [0.4, 0.5) is 5.13 Å². The van der Waals surface area contributed by atoms with Crippen molar-refractivity contribution in [2.75, 3.05) is 44.7 Å². The Morgan fingerprint density at radius 2 is 2.27 bits per heavy atom. The van der Waals surface area contributed by atoms with Gasteiger partial charge < -0.3 is 19.9 Å². The summed E-state index contributed by atoms with van der Waals surface area (Å²) in [5.74, 6) is 0.767. The van der Waals surface area contributed by atoms with Crippen LogP contribution in [0.1, 0.15) is 12.8 Å². The molecule has 2 aromatic rings. The number of hydrogen-bond acceptors (Lipinski definition) is 6. The Morgan fingerprint density at radius 1 is 1.38 bits per heavy atom. The van der Waals surface area contributed by atoms with Crippen LogP contribution in [-0.4, -0.2) is 61.5 Å². The minimum Gasteiger partial charge on any atom is -0.497 e. The first-order valence-electron chi connectivity index (χ1n) is 8.89. The van der Waals surface area contributed by atoms with E-state index in [1.165, 1.54) is 0 Å². The Balaban J connectivity index is 1.49. The Labute approximate surface area is 155 Å². The van der Waals surface area contributed by atoms with E-state index in [2.05, 4.69) is 10.2 Å². The van der Waals surface area contributed by atoms with Crippen LogP contribution >= 0.6 is 11.3 Å². The molecule has 2 aliphatic heterocycles. The Hall–Kier alpha value is -2.35. The smallest absolute Gasteiger partial charge is 0.239 e. The van der Waals surface area contributed by atoms with Crippen LogP contribution < -0.4 is 15.0 Å². The van der Waals surface area contributed by atoms with Crippen molar-refractivity contribution in [3.8, 4) is 5.75 Å². The molecule has 0 radical (unpaired) electrons. The fourth-order valence-corrected chi connectivity index (χ4v) is 4.62. The van der Waals surface area contributed by atoms with Gasteiger partial charge in [0.2, 0.25) is 11.8 Å². The van der Waals surface area contributed by atoms with E-state index in [0.717, 1.165) is 40.5 Å². The monoisotopic (exact) mass is 374 g/mol. The molecule has 0 saturated carbocycles. The molecule has 1 aromatic heterocycles. The predicted octanol–water partition coefficient (Wildman–Crippen LogP) is 1.48. The van der Waals surface area contributed by atoms with E-state index >= 15 is 0 Å². The van der Waals surface area contributed by atoms with Gasteiger partial charge in [-0.15, -0.1) is 0 Å². The van der Waals surface area contributed by atoms with Gasteiger partial charge in [0, 0.05) is 26.2 Å². The second-order valence-electron chi connectivity index (χ2n) is 6.73. The molecular formula is C18H22N4O3S. The number of anilines is 1. The highest BCUT2D eigenvalue weighted by Crippen LogP contribution is 2.33. The molecule has 8 heteroatoms. The number of hydrogen-bond donors (Lipinski definition) is 1. The second-order valence-corrected chi connectivity index (χ2v) is 7.73. The summed E-state index contributed by atoms with van der Waals surface area (Å²) in [4.78, 5) is 33.0. The van der Waals surface area contributed by atoms with Gasteiger partial charge in [-0.2, -0.15) is 0 Å². The number of amides is 2. The highest BCUT2D eigenvalue weighted by molar-refractivity contribution is 7.22. The average molecular weight is 374 g/mol. The van der Waals surface area contributed by atoms with Crippen LogP contribution in [0, 0.1) is 5.92 Å². The van der Waals surface area contributed by atoms with Gasteiger partial charge in [0.15, 0.2) is 5.13 Å². The summed E-state index contributed by atoms with van der Waals surface area (Å²) in [6.45, 7) is 2.88. The van der Waals surface area contributed by atoms with E-state index in [1.807, 2.05) is 18.2 Å². The molecule has 138 valence electrons. The zero-order valence-electron chi connectivity index (χ0n) is 14.7. The molecule has 1 unspecified atom stereocenters. The van der Waals surface area contributed by atoms with Gasteiger partial charge in [-0.3, -0.25) is 9.59 Å². The summed E-state index contributed by atoms with van der Waals surface area (Å²) < 4.78 is 6.37. The number of piperidine rings is 1. The van der Waals surface area contributed by atoms with Crippen molar-refractivity contribution >= 4 is 38.5 Å². The van der Waals surface area contributed by atoms with Crippen LogP contribution in [0.3, 0.4) is 0 Å². The molecule has 0 spiro atoms. The Kier molecular flexibility index (Phi) is 4.67. The molecule has 4 rings (SSSR count). The maximum absolute atomic E-state index is 12.8. The quantitative estimate of drug-likeness (QED) is 0.881. The van der Waals surface area contributed by atoms with Crippen LogP contribution in [0.2, 0.25) is 0 Å². The van der Waals surface area contributed by atoms with Gasteiger partial charge in [0.1, 0.15) is 5.75 Å². The first kappa shape index (κ1) is 17.1. The zero-order chi connectivity index (χ0) is 18.1. The molecule has 2 saturated heterocycles. The Morgan fingerprint density at radius 3 is 3.08 bits per heavy atom. The topological polar surface area (TPSA) is 74.8 Å². The number of piperazine rings is 1. The molecule has 1 aromatic carbocycles. The molecule has 1 N–H and O–H groups in total. The van der Waals surface area contributed by atoms with Crippen LogP contribution in [-0.2, 0) is 9.59 Å². The van der Waals surface area contributed by atoms with Crippen LogP contribution in [0.5, 0.6) is 5.75 Å². The molecule has 2 aliphatic rings. The molecule has 2 fully saturated rings. The van der Waals surface area contributed by atoms with Crippen molar-refractivity contribution in [2.45, 2.75) is 12.8 Å². The molecule has 3 heterocycles. The third kappa shape index (κ3) is 3.33. The number of benzene rings is 1. The lowest BCUT2D eigenvalue weighted by atomic mass is 9.96. The van der Waals surface area contributed by atoms with Crippen molar-refractivity contribution in [1.29, 1.82) is 0 Å². The molecule has 2 amide bonds. The van der Waals surface area contributed by atoms with E-state index in [9.17, 15) is 9.59 Å². The van der Waals surface area contributed by atoms with Gasteiger partial charge in [-0.25, -0.2) is 4.98 Å². The van der Waals surface area contributed by atoms with E-state index < -0.39 is 0 Å². The van der Waals surface area contributed by atoms with Gasteiger partial charge >= 0.3 is 0 Å². The normalized spacial score (nSPS) is 21.0. The predicted molar refractivity (Wildman–Crippen MR) is 101 cm³/mol. The number of ether oxygens (including phenoxy) is 1. The minimum absolute atomic E-state index is 0.0719. The largest absolute Gasteiger partial charge is 0.497 e. The summed E-state index contributed by atoms with van der Waals surface area (Å²) in [6, 6.07) is 5.87. The maximum atomic E-state index is 12.8. The number of carbonyl (C=O) groups excluding carboxylic acids is 2. The van der Waals surface area contributed by atoms with Crippen molar-refractivity contribution in [3.63, 3.8) is 0 Å². The number of nitrogens with zero attached hydrogens (tertiary/aromatic N) is 3. The second kappa shape index (κ2) is 7.11. The van der Waals surface area contributed by atoms with Crippen LogP contribution in [0.15, 0.2) is 18.2 Å². The van der Waals surface area contributed by atoms with Gasteiger partial charge in [0.05, 0.1) is 29.8 Å². The summed E-state index contributed by atoms with van der Waals surface area (Å²) in [5, 5.41) is 3.71. The lowest BCUT2D eigenvalue weighted by Gasteiger charge is -2.35. The maximum Gasteiger partial charge on any atom is 0.239 e. The lowest BCUT2D eigenvalue weighted by Crippen LogP contribution is -2.53. The standard InChI is InChI=1S/C18H22N4O3S/c1-25-13-4-5-14-15(9-13)26-18(20-14)22-7-2-3-12(10-22)17(24)21-8-6-19-16(23)11-21/h4-5,9,12H,2-3,6-8,10-11H2,1H3,(H,19,23).